The molecule has 0 aliphatic carbocycles. The zero-order valence-electron chi connectivity index (χ0n) is 10.2. The van der Waals surface area contributed by atoms with Gasteiger partial charge in [-0.25, -0.2) is 4.39 Å². The summed E-state index contributed by atoms with van der Waals surface area (Å²) in [5, 5.41) is 0. The monoisotopic (exact) mass is 274 g/mol. The van der Waals surface area contributed by atoms with E-state index in [1.165, 1.54) is 32.3 Å². The molecule has 0 fully saturated rings. The minimum Gasteiger partial charge on any atom is -0.493 e. The zero-order chi connectivity index (χ0) is 13.3. The van der Waals surface area contributed by atoms with Crippen LogP contribution in [0, 0.1) is 5.82 Å². The van der Waals surface area contributed by atoms with E-state index in [1.54, 1.807) is 0 Å². The lowest BCUT2D eigenvalue weighted by molar-refractivity contribution is 0.261. The van der Waals surface area contributed by atoms with E-state index < -0.39 is 22.1 Å². The molecule has 1 atom stereocenters. The van der Waals surface area contributed by atoms with Gasteiger partial charge in [0.1, 0.15) is 11.6 Å². The van der Waals surface area contributed by atoms with Crippen LogP contribution in [0.5, 0.6) is 5.75 Å². The first kappa shape index (κ1) is 13.3. The fraction of sp³-hybridized carbons (Fsp3) is 0.455. The molecule has 0 unspecified atom stereocenters. The Labute approximate surface area is 106 Å². The fourth-order valence-corrected chi connectivity index (χ4v) is 2.59. The molecule has 1 aliphatic rings. The van der Waals surface area contributed by atoms with Gasteiger partial charge in [0.25, 0.3) is 10.2 Å². The van der Waals surface area contributed by atoms with Gasteiger partial charge < -0.3 is 4.74 Å². The largest absolute Gasteiger partial charge is 0.493 e. The number of nitrogens with zero attached hydrogens (tertiary/aromatic N) is 1. The molecule has 0 spiro atoms. The second kappa shape index (κ2) is 4.83. The standard InChI is InChI=1S/C11H15FN2O3S/c1-14(2)18(15,16)13-10-5-6-17-11-4-3-8(12)7-9(10)11/h3-4,7,10,13H,5-6H2,1-2H3/t10-/m0/s1. The molecule has 0 amide bonds. The first-order valence-corrected chi connectivity index (χ1v) is 6.96. The average molecular weight is 274 g/mol. The van der Waals surface area contributed by atoms with Crippen molar-refractivity contribution in [2.45, 2.75) is 12.5 Å². The van der Waals surface area contributed by atoms with E-state index in [-0.39, 0.29) is 0 Å². The van der Waals surface area contributed by atoms with Gasteiger partial charge in [-0.1, -0.05) is 0 Å². The zero-order valence-corrected chi connectivity index (χ0v) is 11.0. The first-order chi connectivity index (χ1) is 8.40. The highest BCUT2D eigenvalue weighted by Gasteiger charge is 2.27. The van der Waals surface area contributed by atoms with Crippen LogP contribution in [0.4, 0.5) is 4.39 Å². The summed E-state index contributed by atoms with van der Waals surface area (Å²) in [6.45, 7) is 0.402. The van der Waals surface area contributed by atoms with Crippen molar-refractivity contribution < 1.29 is 17.5 Å². The molecular weight excluding hydrogens is 259 g/mol. The van der Waals surface area contributed by atoms with Crippen LogP contribution in [0.25, 0.3) is 0 Å². The number of hydrogen-bond acceptors (Lipinski definition) is 3. The van der Waals surface area contributed by atoms with Crippen LogP contribution in [0.15, 0.2) is 18.2 Å². The molecule has 1 aromatic rings. The van der Waals surface area contributed by atoms with Gasteiger partial charge in [0.2, 0.25) is 0 Å². The Bertz CT molecular complexity index is 545. The molecule has 0 aromatic heterocycles. The second-order valence-electron chi connectivity index (χ2n) is 4.28. The molecule has 100 valence electrons. The SMILES string of the molecule is CN(C)S(=O)(=O)N[C@H]1CCOc2ccc(F)cc21. The van der Waals surface area contributed by atoms with E-state index in [0.29, 0.717) is 24.3 Å². The smallest absolute Gasteiger partial charge is 0.279 e. The number of nitrogens with one attached hydrogen (secondary N) is 1. The predicted molar refractivity (Wildman–Crippen MR) is 65.0 cm³/mol. The highest BCUT2D eigenvalue weighted by atomic mass is 32.2. The summed E-state index contributed by atoms with van der Waals surface area (Å²) in [6, 6.07) is 3.65. The third-order valence-corrected chi connectivity index (χ3v) is 4.33. The summed E-state index contributed by atoms with van der Waals surface area (Å²) >= 11 is 0. The van der Waals surface area contributed by atoms with Crippen molar-refractivity contribution in [3.8, 4) is 5.75 Å². The Kier molecular flexibility index (Phi) is 3.56. The van der Waals surface area contributed by atoms with Gasteiger partial charge in [-0.3, -0.25) is 0 Å². The summed E-state index contributed by atoms with van der Waals surface area (Å²) < 4.78 is 45.7. The minimum atomic E-state index is -3.55. The number of halogens is 1. The van der Waals surface area contributed by atoms with Crippen molar-refractivity contribution in [2.75, 3.05) is 20.7 Å². The van der Waals surface area contributed by atoms with E-state index >= 15 is 0 Å². The number of hydrogen-bond donors (Lipinski definition) is 1. The van der Waals surface area contributed by atoms with Gasteiger partial charge >= 0.3 is 0 Å². The number of ether oxygens (including phenoxy) is 1. The van der Waals surface area contributed by atoms with Crippen molar-refractivity contribution in [3.05, 3.63) is 29.6 Å². The molecule has 0 saturated heterocycles. The second-order valence-corrected chi connectivity index (χ2v) is 6.19. The summed E-state index contributed by atoms with van der Waals surface area (Å²) in [7, 11) is -0.671. The Morgan fingerprint density at radius 2 is 2.17 bits per heavy atom. The molecule has 0 radical (unpaired) electrons. The number of benzene rings is 1. The van der Waals surface area contributed by atoms with Crippen molar-refractivity contribution in [1.82, 2.24) is 9.03 Å². The van der Waals surface area contributed by atoms with Gasteiger partial charge in [0.15, 0.2) is 0 Å². The van der Waals surface area contributed by atoms with Crippen LogP contribution < -0.4 is 9.46 Å². The fourth-order valence-electron chi connectivity index (χ4n) is 1.77. The van der Waals surface area contributed by atoms with Crippen LogP contribution in [-0.2, 0) is 10.2 Å². The Morgan fingerprint density at radius 3 is 2.83 bits per heavy atom. The van der Waals surface area contributed by atoms with Crippen molar-refractivity contribution in [2.24, 2.45) is 0 Å². The third kappa shape index (κ3) is 2.63. The van der Waals surface area contributed by atoms with E-state index in [9.17, 15) is 12.8 Å². The maximum atomic E-state index is 13.2. The van der Waals surface area contributed by atoms with Crippen LogP contribution >= 0.6 is 0 Å². The summed E-state index contributed by atoms with van der Waals surface area (Å²) in [5.74, 6) is 0.113. The van der Waals surface area contributed by atoms with Crippen LogP contribution in [0.1, 0.15) is 18.0 Å². The molecule has 0 saturated carbocycles. The van der Waals surface area contributed by atoms with E-state index in [4.69, 9.17) is 4.74 Å². The molecule has 1 aliphatic heterocycles. The van der Waals surface area contributed by atoms with Crippen LogP contribution in [-0.4, -0.2) is 33.4 Å². The van der Waals surface area contributed by atoms with Gasteiger partial charge in [0, 0.05) is 26.1 Å². The minimum absolute atomic E-state index is 0.402. The van der Waals surface area contributed by atoms with E-state index in [1.807, 2.05) is 0 Å². The average Bonchev–Trinajstić information content (AvgIpc) is 2.29. The van der Waals surface area contributed by atoms with Crippen LogP contribution in [0.2, 0.25) is 0 Å². The topological polar surface area (TPSA) is 58.6 Å². The van der Waals surface area contributed by atoms with Crippen LogP contribution in [0.3, 0.4) is 0 Å². The predicted octanol–water partition coefficient (Wildman–Crippen LogP) is 1.05. The molecule has 18 heavy (non-hydrogen) atoms. The van der Waals surface area contributed by atoms with Gasteiger partial charge in [-0.15, -0.1) is 0 Å². The van der Waals surface area contributed by atoms with Crippen molar-refractivity contribution in [3.63, 3.8) is 0 Å². The molecular formula is C11H15FN2O3S. The summed E-state index contributed by atoms with van der Waals surface area (Å²) in [6.07, 6.45) is 0.476. The van der Waals surface area contributed by atoms with Crippen molar-refractivity contribution in [1.29, 1.82) is 0 Å². The van der Waals surface area contributed by atoms with Crippen molar-refractivity contribution >= 4 is 10.2 Å². The normalized spacial score (nSPS) is 19.4. The molecule has 7 heteroatoms. The summed E-state index contributed by atoms with van der Waals surface area (Å²) in [4.78, 5) is 0. The van der Waals surface area contributed by atoms with E-state index in [2.05, 4.69) is 4.72 Å². The Hall–Kier alpha value is -1.18. The number of rotatable bonds is 3. The quantitative estimate of drug-likeness (QED) is 0.896. The molecule has 5 nitrogen and oxygen atoms in total. The first-order valence-electron chi connectivity index (χ1n) is 5.52. The molecule has 1 heterocycles. The lowest BCUT2D eigenvalue weighted by Crippen LogP contribution is -2.39. The Balaban J connectivity index is 2.31. The number of fused-ring (bicyclic) bond motifs is 1. The molecule has 2 rings (SSSR count). The highest BCUT2D eigenvalue weighted by Crippen LogP contribution is 2.32. The highest BCUT2D eigenvalue weighted by molar-refractivity contribution is 7.87. The third-order valence-electron chi connectivity index (χ3n) is 2.78. The molecule has 1 aromatic carbocycles. The lowest BCUT2D eigenvalue weighted by atomic mass is 10.0. The van der Waals surface area contributed by atoms with Gasteiger partial charge in [-0.05, 0) is 18.2 Å². The van der Waals surface area contributed by atoms with Gasteiger partial charge in [0.05, 0.1) is 12.6 Å². The van der Waals surface area contributed by atoms with Gasteiger partial charge in [-0.2, -0.15) is 17.4 Å². The molecule has 1 N–H and O–H groups in total. The maximum Gasteiger partial charge on any atom is 0.279 e. The maximum absolute atomic E-state index is 13.2. The lowest BCUT2D eigenvalue weighted by Gasteiger charge is -2.27. The summed E-state index contributed by atoms with van der Waals surface area (Å²) in [5.41, 5.74) is 0.534. The molecule has 0 bridgehead atoms. The van der Waals surface area contributed by atoms with E-state index in [0.717, 1.165) is 4.31 Å². The Morgan fingerprint density at radius 1 is 1.44 bits per heavy atom.